The maximum Gasteiger partial charge on any atom is 0.275 e. The fourth-order valence-electron chi connectivity index (χ4n) is 1.86. The highest BCUT2D eigenvalue weighted by Gasteiger charge is 2.15. The van der Waals surface area contributed by atoms with Crippen molar-refractivity contribution in [2.75, 3.05) is 11.9 Å². The van der Waals surface area contributed by atoms with Crippen molar-refractivity contribution >= 4 is 11.5 Å². The van der Waals surface area contributed by atoms with Crippen molar-refractivity contribution in [3.05, 3.63) is 28.4 Å². The maximum absolute atomic E-state index is 11.0. The van der Waals surface area contributed by atoms with E-state index in [1.54, 1.807) is 10.9 Å². The fourth-order valence-corrected chi connectivity index (χ4v) is 1.86. The van der Waals surface area contributed by atoms with Crippen molar-refractivity contribution in [2.24, 2.45) is 0 Å². The van der Waals surface area contributed by atoms with Gasteiger partial charge in [-0.1, -0.05) is 12.1 Å². The van der Waals surface area contributed by atoms with E-state index in [1.165, 1.54) is 12.1 Å². The lowest BCUT2D eigenvalue weighted by Crippen LogP contribution is -2.05. The van der Waals surface area contributed by atoms with Crippen LogP contribution in [0.5, 0.6) is 0 Å². The van der Waals surface area contributed by atoms with Crippen LogP contribution in [0.25, 0.3) is 11.4 Å². The summed E-state index contributed by atoms with van der Waals surface area (Å²) >= 11 is 0. The van der Waals surface area contributed by atoms with Crippen molar-refractivity contribution in [3.63, 3.8) is 0 Å². The summed E-state index contributed by atoms with van der Waals surface area (Å²) in [7, 11) is 0. The van der Waals surface area contributed by atoms with Gasteiger partial charge in [0.05, 0.1) is 22.9 Å². The first-order valence-corrected chi connectivity index (χ1v) is 6.45. The summed E-state index contributed by atoms with van der Waals surface area (Å²) in [6.07, 6.45) is 2.46. The number of rotatable bonds is 6. The molecule has 0 aliphatic heterocycles. The van der Waals surface area contributed by atoms with E-state index in [2.05, 4.69) is 20.6 Å². The van der Waals surface area contributed by atoms with Gasteiger partial charge in [0, 0.05) is 19.2 Å². The molecule has 2 aromatic heterocycles. The summed E-state index contributed by atoms with van der Waals surface area (Å²) in [6.45, 7) is 5.26. The molecule has 0 amide bonds. The largest absolute Gasteiger partial charge is 0.370 e. The number of aromatic nitrogens is 4. The smallest absolute Gasteiger partial charge is 0.275 e. The minimum Gasteiger partial charge on any atom is -0.370 e. The van der Waals surface area contributed by atoms with Crippen LogP contribution in [0.3, 0.4) is 0 Å². The van der Waals surface area contributed by atoms with Gasteiger partial charge < -0.3 is 5.32 Å². The van der Waals surface area contributed by atoms with Gasteiger partial charge in [-0.05, 0) is 13.3 Å². The average Bonchev–Trinajstić information content (AvgIpc) is 2.87. The minimum atomic E-state index is -0.431. The number of nitrogens with one attached hydrogen (secondary N) is 1. The standard InChI is InChI=1S/C12H16N6O2/c1-3-5-17-11(8-14-16-17)10-6-9(18(19)20)7-12(15-10)13-4-2/h6-8H,3-5H2,1-2H3,(H,13,15). The first-order chi connectivity index (χ1) is 9.65. The van der Waals surface area contributed by atoms with E-state index < -0.39 is 4.92 Å². The molecule has 8 nitrogen and oxygen atoms in total. The third kappa shape index (κ3) is 2.90. The molecule has 2 rings (SSSR count). The van der Waals surface area contributed by atoms with Gasteiger partial charge in [-0.25, -0.2) is 9.67 Å². The molecule has 8 heteroatoms. The van der Waals surface area contributed by atoms with Gasteiger partial charge >= 0.3 is 0 Å². The van der Waals surface area contributed by atoms with Gasteiger partial charge in [-0.15, -0.1) is 5.10 Å². The Labute approximate surface area is 116 Å². The van der Waals surface area contributed by atoms with Gasteiger partial charge in [0.15, 0.2) is 0 Å². The second-order valence-corrected chi connectivity index (χ2v) is 4.23. The molecule has 0 bridgehead atoms. The quantitative estimate of drug-likeness (QED) is 0.640. The SMILES string of the molecule is CCCn1nncc1-c1cc([N+](=O)[O-])cc(NCC)n1. The van der Waals surface area contributed by atoms with Gasteiger partial charge in [0.2, 0.25) is 0 Å². The molecule has 0 aliphatic carbocycles. The number of nitro groups is 1. The van der Waals surface area contributed by atoms with Crippen molar-refractivity contribution < 1.29 is 4.92 Å². The van der Waals surface area contributed by atoms with Crippen LogP contribution in [0.15, 0.2) is 18.3 Å². The Bertz CT molecular complexity index is 610. The number of pyridine rings is 1. The van der Waals surface area contributed by atoms with Crippen molar-refractivity contribution in [1.82, 2.24) is 20.0 Å². The average molecular weight is 276 g/mol. The number of anilines is 1. The zero-order chi connectivity index (χ0) is 14.5. The Morgan fingerprint density at radius 2 is 2.20 bits per heavy atom. The molecular weight excluding hydrogens is 260 g/mol. The molecule has 0 aliphatic rings. The Morgan fingerprint density at radius 1 is 1.40 bits per heavy atom. The molecule has 0 spiro atoms. The second-order valence-electron chi connectivity index (χ2n) is 4.23. The van der Waals surface area contributed by atoms with Gasteiger partial charge in [-0.3, -0.25) is 10.1 Å². The van der Waals surface area contributed by atoms with Crippen LogP contribution in [-0.4, -0.2) is 31.4 Å². The van der Waals surface area contributed by atoms with E-state index in [-0.39, 0.29) is 5.69 Å². The minimum absolute atomic E-state index is 0.00445. The van der Waals surface area contributed by atoms with Gasteiger partial charge in [0.25, 0.3) is 5.69 Å². The van der Waals surface area contributed by atoms with E-state index in [0.29, 0.717) is 30.3 Å². The molecule has 0 saturated carbocycles. The highest BCUT2D eigenvalue weighted by atomic mass is 16.6. The maximum atomic E-state index is 11.0. The molecule has 20 heavy (non-hydrogen) atoms. The van der Waals surface area contributed by atoms with Crippen molar-refractivity contribution in [1.29, 1.82) is 0 Å². The van der Waals surface area contributed by atoms with Crippen LogP contribution in [-0.2, 0) is 6.54 Å². The summed E-state index contributed by atoms with van der Waals surface area (Å²) in [5, 5.41) is 21.8. The molecular formula is C12H16N6O2. The highest BCUT2D eigenvalue weighted by Crippen LogP contribution is 2.24. The third-order valence-electron chi connectivity index (χ3n) is 2.69. The second kappa shape index (κ2) is 6.09. The van der Waals surface area contributed by atoms with Gasteiger partial charge in [-0.2, -0.15) is 0 Å². The molecule has 0 radical (unpaired) electrons. The highest BCUT2D eigenvalue weighted by molar-refractivity contribution is 5.61. The molecule has 0 atom stereocenters. The number of aryl methyl sites for hydroxylation is 1. The monoisotopic (exact) mass is 276 g/mol. The lowest BCUT2D eigenvalue weighted by molar-refractivity contribution is -0.384. The van der Waals surface area contributed by atoms with Crippen LogP contribution in [0.4, 0.5) is 11.5 Å². The molecule has 1 N–H and O–H groups in total. The van der Waals surface area contributed by atoms with Crippen LogP contribution < -0.4 is 5.32 Å². The fraction of sp³-hybridized carbons (Fsp3) is 0.417. The molecule has 0 aromatic carbocycles. The summed E-state index contributed by atoms with van der Waals surface area (Å²) in [4.78, 5) is 14.9. The van der Waals surface area contributed by atoms with Crippen LogP contribution >= 0.6 is 0 Å². The van der Waals surface area contributed by atoms with E-state index in [9.17, 15) is 10.1 Å². The predicted molar refractivity (Wildman–Crippen MR) is 74.4 cm³/mol. The topological polar surface area (TPSA) is 98.8 Å². The van der Waals surface area contributed by atoms with Crippen LogP contribution in [0, 0.1) is 10.1 Å². The van der Waals surface area contributed by atoms with E-state index in [0.717, 1.165) is 6.42 Å². The molecule has 0 unspecified atom stereocenters. The zero-order valence-corrected chi connectivity index (χ0v) is 11.4. The van der Waals surface area contributed by atoms with E-state index in [1.807, 2.05) is 13.8 Å². The lowest BCUT2D eigenvalue weighted by atomic mass is 10.2. The third-order valence-corrected chi connectivity index (χ3v) is 2.69. The van der Waals surface area contributed by atoms with Crippen LogP contribution in [0.1, 0.15) is 20.3 Å². The Kier molecular flexibility index (Phi) is 4.24. The molecule has 2 aromatic rings. The Morgan fingerprint density at radius 3 is 2.85 bits per heavy atom. The van der Waals surface area contributed by atoms with E-state index in [4.69, 9.17) is 0 Å². The normalized spacial score (nSPS) is 10.5. The number of nitrogens with zero attached hydrogens (tertiary/aromatic N) is 5. The van der Waals surface area contributed by atoms with Crippen molar-refractivity contribution in [3.8, 4) is 11.4 Å². The Balaban J connectivity index is 2.48. The lowest BCUT2D eigenvalue weighted by Gasteiger charge is -2.07. The molecule has 106 valence electrons. The molecule has 0 fully saturated rings. The first kappa shape index (κ1) is 13.9. The van der Waals surface area contributed by atoms with Crippen molar-refractivity contribution in [2.45, 2.75) is 26.8 Å². The summed E-state index contributed by atoms with van der Waals surface area (Å²) in [5.74, 6) is 0.473. The zero-order valence-electron chi connectivity index (χ0n) is 11.4. The predicted octanol–water partition coefficient (Wildman–Crippen LogP) is 2.09. The first-order valence-electron chi connectivity index (χ1n) is 6.45. The summed E-state index contributed by atoms with van der Waals surface area (Å²) in [5.41, 5.74) is 1.17. The summed E-state index contributed by atoms with van der Waals surface area (Å²) < 4.78 is 1.70. The number of hydrogen-bond acceptors (Lipinski definition) is 6. The molecule has 0 saturated heterocycles. The number of hydrogen-bond donors (Lipinski definition) is 1. The summed E-state index contributed by atoms with van der Waals surface area (Å²) in [6, 6.07) is 2.85. The molecule has 2 heterocycles. The van der Waals surface area contributed by atoms with Gasteiger partial charge in [0.1, 0.15) is 11.5 Å². The Hall–Kier alpha value is -2.51. The van der Waals surface area contributed by atoms with E-state index >= 15 is 0 Å². The van der Waals surface area contributed by atoms with Crippen LogP contribution in [0.2, 0.25) is 0 Å².